The van der Waals surface area contributed by atoms with Crippen LogP contribution in [-0.2, 0) is 19.6 Å². The molecule has 0 radical (unpaired) electrons. The van der Waals surface area contributed by atoms with Gasteiger partial charge in [-0.1, -0.05) is 0 Å². The van der Waals surface area contributed by atoms with Gasteiger partial charge in [0.2, 0.25) is 15.9 Å². The Morgan fingerprint density at radius 3 is 2.79 bits per heavy atom. The molecule has 1 aromatic carbocycles. The minimum Gasteiger partial charge on any atom is -0.487 e. The lowest BCUT2D eigenvalue weighted by molar-refractivity contribution is -0.142. The summed E-state index contributed by atoms with van der Waals surface area (Å²) in [5.41, 5.74) is 1.35. The van der Waals surface area contributed by atoms with Crippen molar-refractivity contribution < 1.29 is 27.8 Å². The first-order valence-corrected chi connectivity index (χ1v) is 11.5. The number of aliphatic hydroxyl groups is 1. The van der Waals surface area contributed by atoms with Crippen LogP contribution < -0.4 is 14.8 Å². The van der Waals surface area contributed by atoms with Crippen molar-refractivity contribution in [1.29, 1.82) is 0 Å². The Balaban J connectivity index is 1.48. The molecule has 1 aliphatic carbocycles. The molecule has 1 amide bonds. The van der Waals surface area contributed by atoms with E-state index in [4.69, 9.17) is 9.47 Å². The molecule has 8 nitrogen and oxygen atoms in total. The Morgan fingerprint density at radius 2 is 2.11 bits per heavy atom. The summed E-state index contributed by atoms with van der Waals surface area (Å²) in [6, 6.07) is 5.15. The summed E-state index contributed by atoms with van der Waals surface area (Å²) >= 11 is 0. The van der Waals surface area contributed by atoms with Crippen molar-refractivity contribution in [2.24, 2.45) is 5.92 Å². The molecule has 0 bridgehead atoms. The third-order valence-corrected chi connectivity index (χ3v) is 6.11. The normalized spacial score (nSPS) is 28.8. The first kappa shape index (κ1) is 19.5. The number of sulfonamides is 1. The van der Waals surface area contributed by atoms with E-state index in [1.54, 1.807) is 18.2 Å². The van der Waals surface area contributed by atoms with Gasteiger partial charge in [-0.25, -0.2) is 8.42 Å². The van der Waals surface area contributed by atoms with Crippen LogP contribution >= 0.6 is 0 Å². The van der Waals surface area contributed by atoms with E-state index in [2.05, 4.69) is 10.0 Å². The molecule has 9 heteroatoms. The quantitative estimate of drug-likeness (QED) is 0.617. The second-order valence-corrected chi connectivity index (χ2v) is 9.73. The standard InChI is InChI=1S/C19H26N2O6S/c1-28(24,25)21-12-4-5-16-14(6-12)15-7-13(26-17(10-22)19(15)27-16)8-18(23)20-9-11-2-3-11/h4-6,11,13,15,17,19,21-22H,2-3,7-10H2,1H3,(H,20,23)/t13-,15+,17+,19-/m1/s1. The predicted octanol–water partition coefficient (Wildman–Crippen LogP) is 0.969. The summed E-state index contributed by atoms with van der Waals surface area (Å²) in [6.45, 7) is 0.511. The van der Waals surface area contributed by atoms with Gasteiger partial charge in [0.15, 0.2) is 0 Å². The van der Waals surface area contributed by atoms with E-state index >= 15 is 0 Å². The summed E-state index contributed by atoms with van der Waals surface area (Å²) in [4.78, 5) is 12.2. The fourth-order valence-electron chi connectivity index (χ4n) is 4.03. The molecule has 4 rings (SSSR count). The molecule has 1 saturated heterocycles. The molecule has 0 spiro atoms. The van der Waals surface area contributed by atoms with Crippen molar-refractivity contribution >= 4 is 21.6 Å². The molecule has 154 valence electrons. The molecule has 4 atom stereocenters. The van der Waals surface area contributed by atoms with E-state index in [-0.39, 0.29) is 37.1 Å². The van der Waals surface area contributed by atoms with Crippen molar-refractivity contribution in [1.82, 2.24) is 5.32 Å². The third-order valence-electron chi connectivity index (χ3n) is 5.50. The zero-order valence-electron chi connectivity index (χ0n) is 15.8. The molecule has 2 aliphatic heterocycles. The maximum Gasteiger partial charge on any atom is 0.229 e. The maximum atomic E-state index is 12.2. The highest BCUT2D eigenvalue weighted by molar-refractivity contribution is 7.92. The van der Waals surface area contributed by atoms with Crippen LogP contribution in [0.5, 0.6) is 5.75 Å². The van der Waals surface area contributed by atoms with Crippen LogP contribution in [0.2, 0.25) is 0 Å². The van der Waals surface area contributed by atoms with Crippen LogP contribution in [0, 0.1) is 5.92 Å². The second-order valence-electron chi connectivity index (χ2n) is 7.98. The molecule has 3 N–H and O–H groups in total. The number of hydrogen-bond donors (Lipinski definition) is 3. The number of ether oxygens (including phenoxy) is 2. The largest absolute Gasteiger partial charge is 0.487 e. The Kier molecular flexibility index (Phi) is 5.24. The van der Waals surface area contributed by atoms with Gasteiger partial charge >= 0.3 is 0 Å². The van der Waals surface area contributed by atoms with Gasteiger partial charge in [-0.05, 0) is 43.4 Å². The molecular formula is C19H26N2O6S. The Morgan fingerprint density at radius 1 is 1.32 bits per heavy atom. The SMILES string of the molecule is CS(=O)(=O)Nc1ccc2c(c1)[C@@H]1C[C@H](CC(=O)NCC3CC3)O[C@@H](CO)[C@@H]1O2. The minimum absolute atomic E-state index is 0.0429. The average molecular weight is 410 g/mol. The second kappa shape index (κ2) is 7.53. The van der Waals surface area contributed by atoms with Gasteiger partial charge in [-0.15, -0.1) is 0 Å². The first-order valence-electron chi connectivity index (χ1n) is 9.64. The Bertz CT molecular complexity index is 854. The number of aliphatic hydroxyl groups excluding tert-OH is 1. The molecule has 1 aromatic rings. The molecule has 28 heavy (non-hydrogen) atoms. The van der Waals surface area contributed by atoms with Crippen molar-refractivity contribution in [3.8, 4) is 5.75 Å². The van der Waals surface area contributed by atoms with Crippen LogP contribution in [0.25, 0.3) is 0 Å². The van der Waals surface area contributed by atoms with E-state index in [1.807, 2.05) is 0 Å². The van der Waals surface area contributed by atoms with Crippen LogP contribution in [0.3, 0.4) is 0 Å². The summed E-state index contributed by atoms with van der Waals surface area (Å²) in [5.74, 6) is 1.17. The number of rotatable bonds is 7. The van der Waals surface area contributed by atoms with Crippen LogP contribution in [0.4, 0.5) is 5.69 Å². The monoisotopic (exact) mass is 410 g/mol. The van der Waals surface area contributed by atoms with Crippen molar-refractivity contribution in [3.05, 3.63) is 23.8 Å². The van der Waals surface area contributed by atoms with Gasteiger partial charge in [0, 0.05) is 23.7 Å². The lowest BCUT2D eigenvalue weighted by Gasteiger charge is -2.37. The average Bonchev–Trinajstić information content (AvgIpc) is 3.39. The number of fused-ring (bicyclic) bond motifs is 3. The molecular weight excluding hydrogens is 384 g/mol. The number of hydrogen-bond acceptors (Lipinski definition) is 6. The van der Waals surface area contributed by atoms with Gasteiger partial charge < -0.3 is 19.9 Å². The highest BCUT2D eigenvalue weighted by Gasteiger charge is 2.46. The number of carbonyl (C=O) groups excluding carboxylic acids is 1. The molecule has 0 aromatic heterocycles. The lowest BCUT2D eigenvalue weighted by atomic mass is 9.84. The lowest BCUT2D eigenvalue weighted by Crippen LogP contribution is -2.47. The fourth-order valence-corrected chi connectivity index (χ4v) is 4.58. The van der Waals surface area contributed by atoms with Gasteiger partial charge in [-0.2, -0.15) is 0 Å². The maximum absolute atomic E-state index is 12.2. The van der Waals surface area contributed by atoms with E-state index < -0.39 is 16.1 Å². The number of benzene rings is 1. The van der Waals surface area contributed by atoms with Gasteiger partial charge in [0.25, 0.3) is 0 Å². The smallest absolute Gasteiger partial charge is 0.229 e. The Labute approximate surface area is 164 Å². The number of amides is 1. The molecule has 1 saturated carbocycles. The predicted molar refractivity (Wildman–Crippen MR) is 103 cm³/mol. The van der Waals surface area contributed by atoms with Gasteiger partial charge in [-0.3, -0.25) is 9.52 Å². The van der Waals surface area contributed by atoms with Gasteiger partial charge in [0.1, 0.15) is 18.0 Å². The van der Waals surface area contributed by atoms with Crippen LogP contribution in [0.15, 0.2) is 18.2 Å². The van der Waals surface area contributed by atoms with Crippen molar-refractivity contribution in [2.75, 3.05) is 24.1 Å². The van der Waals surface area contributed by atoms with E-state index in [1.165, 1.54) is 12.8 Å². The molecule has 3 aliphatic rings. The van der Waals surface area contributed by atoms with Crippen LogP contribution in [0.1, 0.15) is 37.2 Å². The highest BCUT2D eigenvalue weighted by atomic mass is 32.2. The molecule has 0 unspecified atom stereocenters. The van der Waals surface area contributed by atoms with Crippen molar-refractivity contribution in [2.45, 2.75) is 49.9 Å². The van der Waals surface area contributed by atoms with Gasteiger partial charge in [0.05, 0.1) is 25.4 Å². The molecule has 2 heterocycles. The summed E-state index contributed by atoms with van der Waals surface area (Å²) < 4.78 is 37.5. The van der Waals surface area contributed by atoms with E-state index in [9.17, 15) is 18.3 Å². The number of anilines is 1. The minimum atomic E-state index is -3.38. The van der Waals surface area contributed by atoms with Crippen molar-refractivity contribution in [3.63, 3.8) is 0 Å². The topological polar surface area (TPSA) is 114 Å². The van der Waals surface area contributed by atoms with Crippen LogP contribution in [-0.4, -0.2) is 57.2 Å². The fraction of sp³-hybridized carbons (Fsp3) is 0.632. The summed E-state index contributed by atoms with van der Waals surface area (Å²) in [6.07, 6.45) is 3.07. The zero-order chi connectivity index (χ0) is 19.9. The zero-order valence-corrected chi connectivity index (χ0v) is 16.6. The summed E-state index contributed by atoms with van der Waals surface area (Å²) in [5, 5.41) is 12.7. The highest BCUT2D eigenvalue weighted by Crippen LogP contribution is 2.47. The number of nitrogens with one attached hydrogen (secondary N) is 2. The summed E-state index contributed by atoms with van der Waals surface area (Å²) in [7, 11) is -3.38. The van der Waals surface area contributed by atoms with E-state index in [0.29, 0.717) is 30.3 Å². The first-order chi connectivity index (χ1) is 13.3. The van der Waals surface area contributed by atoms with E-state index in [0.717, 1.165) is 11.8 Å². The molecule has 2 fully saturated rings. The third kappa shape index (κ3) is 4.42. The number of carbonyl (C=O) groups is 1. The Hall–Kier alpha value is -1.84.